The molecule has 110 valence electrons. The zero-order valence-electron chi connectivity index (χ0n) is 11.1. The number of anilines is 1. The van der Waals surface area contributed by atoms with Gasteiger partial charge in [0.25, 0.3) is 11.6 Å². The van der Waals surface area contributed by atoms with Gasteiger partial charge in [-0.05, 0) is 19.1 Å². The largest absolute Gasteiger partial charge is 0.346 e. The molecule has 0 aliphatic carbocycles. The van der Waals surface area contributed by atoms with E-state index >= 15 is 0 Å². The van der Waals surface area contributed by atoms with Crippen LogP contribution in [-0.4, -0.2) is 15.8 Å². The number of nitro benzene ring substituents is 1. The summed E-state index contributed by atoms with van der Waals surface area (Å²) in [4.78, 5) is 27.5. The Labute approximate surface area is 124 Å². The van der Waals surface area contributed by atoms with Crippen LogP contribution in [0, 0.1) is 17.0 Å². The van der Waals surface area contributed by atoms with E-state index in [1.54, 1.807) is 6.20 Å². The van der Waals surface area contributed by atoms with Gasteiger partial charge in [-0.15, -0.1) is 11.3 Å². The van der Waals surface area contributed by atoms with Crippen molar-refractivity contribution in [2.45, 2.75) is 13.5 Å². The lowest BCUT2D eigenvalue weighted by atomic mass is 10.1. The van der Waals surface area contributed by atoms with Crippen molar-refractivity contribution in [2.24, 2.45) is 5.84 Å². The van der Waals surface area contributed by atoms with Gasteiger partial charge in [-0.25, -0.2) is 4.98 Å². The summed E-state index contributed by atoms with van der Waals surface area (Å²) in [6, 6.07) is 4.03. The molecule has 1 heterocycles. The second-order valence-corrected chi connectivity index (χ2v) is 5.50. The molecule has 0 aliphatic rings. The molecular weight excluding hydrogens is 294 g/mol. The Morgan fingerprint density at radius 2 is 2.29 bits per heavy atom. The van der Waals surface area contributed by atoms with Crippen molar-refractivity contribution in [3.8, 4) is 0 Å². The highest BCUT2D eigenvalue weighted by Gasteiger charge is 2.17. The van der Waals surface area contributed by atoms with E-state index in [0.29, 0.717) is 0 Å². The van der Waals surface area contributed by atoms with Crippen molar-refractivity contribution >= 4 is 28.6 Å². The van der Waals surface area contributed by atoms with Crippen LogP contribution in [0.25, 0.3) is 0 Å². The Morgan fingerprint density at radius 1 is 1.52 bits per heavy atom. The predicted molar refractivity (Wildman–Crippen MR) is 78.9 cm³/mol. The Bertz CT molecular complexity index is 685. The molecule has 8 nitrogen and oxygen atoms in total. The Hall–Kier alpha value is -2.52. The summed E-state index contributed by atoms with van der Waals surface area (Å²) in [5.41, 5.74) is 2.30. The summed E-state index contributed by atoms with van der Waals surface area (Å²) in [7, 11) is 0. The number of nitrogens with zero attached hydrogens (tertiary/aromatic N) is 2. The molecule has 0 fully saturated rings. The molecular formula is C12H13N5O3S. The maximum absolute atomic E-state index is 12.0. The molecule has 21 heavy (non-hydrogen) atoms. The highest BCUT2D eigenvalue weighted by molar-refractivity contribution is 7.11. The normalized spacial score (nSPS) is 10.2. The van der Waals surface area contributed by atoms with Crippen molar-refractivity contribution < 1.29 is 9.72 Å². The number of nitrogens with one attached hydrogen (secondary N) is 2. The lowest BCUT2D eigenvalue weighted by molar-refractivity contribution is -0.384. The number of hydrogen-bond donors (Lipinski definition) is 3. The first-order chi connectivity index (χ1) is 10.0. The third-order valence-electron chi connectivity index (χ3n) is 2.68. The van der Waals surface area contributed by atoms with Gasteiger partial charge in [-0.3, -0.25) is 20.8 Å². The highest BCUT2D eigenvalue weighted by Crippen LogP contribution is 2.24. The van der Waals surface area contributed by atoms with E-state index in [2.05, 4.69) is 15.7 Å². The quantitative estimate of drug-likeness (QED) is 0.438. The van der Waals surface area contributed by atoms with E-state index in [4.69, 9.17) is 5.84 Å². The van der Waals surface area contributed by atoms with Crippen LogP contribution >= 0.6 is 11.3 Å². The first kappa shape index (κ1) is 14.9. The minimum atomic E-state index is -0.601. The molecule has 0 atom stereocenters. The molecule has 2 aromatic rings. The van der Waals surface area contributed by atoms with Gasteiger partial charge in [-0.1, -0.05) is 0 Å². The van der Waals surface area contributed by atoms with E-state index in [9.17, 15) is 14.9 Å². The van der Waals surface area contributed by atoms with Crippen LogP contribution in [0.4, 0.5) is 11.4 Å². The molecule has 9 heteroatoms. The van der Waals surface area contributed by atoms with Crippen LogP contribution in [0.1, 0.15) is 20.2 Å². The molecule has 0 saturated heterocycles. The van der Waals surface area contributed by atoms with E-state index in [0.717, 1.165) is 9.88 Å². The van der Waals surface area contributed by atoms with Crippen LogP contribution < -0.4 is 16.6 Å². The van der Waals surface area contributed by atoms with Crippen molar-refractivity contribution in [1.29, 1.82) is 0 Å². The molecule has 0 aliphatic heterocycles. The number of thiazole rings is 1. The summed E-state index contributed by atoms with van der Waals surface area (Å²) in [5, 5.41) is 14.3. The number of hydrogen-bond acceptors (Lipinski definition) is 7. The number of nitrogens with two attached hydrogens (primary N) is 1. The SMILES string of the molecule is Cc1cnc(CNC(=O)c2ccc(NN)c([N+](=O)[O-])c2)s1. The monoisotopic (exact) mass is 307 g/mol. The molecule has 0 bridgehead atoms. The van der Waals surface area contributed by atoms with Crippen LogP contribution in [0.3, 0.4) is 0 Å². The predicted octanol–water partition coefficient (Wildman–Crippen LogP) is 1.58. The number of benzene rings is 1. The fraction of sp³-hybridized carbons (Fsp3) is 0.167. The first-order valence-electron chi connectivity index (χ1n) is 5.96. The number of nitro groups is 1. The average Bonchev–Trinajstić information content (AvgIpc) is 2.89. The zero-order valence-corrected chi connectivity index (χ0v) is 11.9. The van der Waals surface area contributed by atoms with E-state index in [1.807, 2.05) is 6.92 Å². The van der Waals surface area contributed by atoms with Gasteiger partial charge in [0.15, 0.2) is 0 Å². The Kier molecular flexibility index (Phi) is 4.45. The van der Waals surface area contributed by atoms with Gasteiger partial charge < -0.3 is 10.7 Å². The molecule has 0 radical (unpaired) electrons. The van der Waals surface area contributed by atoms with Crippen molar-refractivity contribution in [3.63, 3.8) is 0 Å². The minimum Gasteiger partial charge on any atom is -0.346 e. The molecule has 1 aromatic heterocycles. The van der Waals surface area contributed by atoms with Gasteiger partial charge in [0.1, 0.15) is 10.7 Å². The summed E-state index contributed by atoms with van der Waals surface area (Å²) in [5.74, 6) is 4.78. The Morgan fingerprint density at radius 3 is 2.86 bits per heavy atom. The maximum atomic E-state index is 12.0. The van der Waals surface area contributed by atoms with Gasteiger partial charge in [-0.2, -0.15) is 0 Å². The van der Waals surface area contributed by atoms with Crippen LogP contribution in [-0.2, 0) is 6.54 Å². The zero-order chi connectivity index (χ0) is 15.4. The summed E-state index contributed by atoms with van der Waals surface area (Å²) < 4.78 is 0. The third kappa shape index (κ3) is 3.52. The molecule has 1 amide bonds. The molecule has 0 saturated carbocycles. The Balaban J connectivity index is 2.12. The van der Waals surface area contributed by atoms with Gasteiger partial charge in [0.2, 0.25) is 0 Å². The van der Waals surface area contributed by atoms with Gasteiger partial charge in [0, 0.05) is 22.7 Å². The minimum absolute atomic E-state index is 0.145. The summed E-state index contributed by atoms with van der Waals surface area (Å²) >= 11 is 1.48. The topological polar surface area (TPSA) is 123 Å². The number of hydrazine groups is 1. The third-order valence-corrected chi connectivity index (χ3v) is 3.59. The fourth-order valence-corrected chi connectivity index (χ4v) is 2.41. The number of aromatic nitrogens is 1. The summed E-state index contributed by atoms with van der Waals surface area (Å²) in [6.07, 6.45) is 1.72. The van der Waals surface area contributed by atoms with Crippen LogP contribution in [0.2, 0.25) is 0 Å². The number of carbonyl (C=O) groups excluding carboxylic acids is 1. The molecule has 0 unspecified atom stereocenters. The van der Waals surface area contributed by atoms with Crippen molar-refractivity contribution in [1.82, 2.24) is 10.3 Å². The van der Waals surface area contributed by atoms with E-state index < -0.39 is 10.8 Å². The first-order valence-corrected chi connectivity index (χ1v) is 6.77. The second kappa shape index (κ2) is 6.29. The van der Waals surface area contributed by atoms with Crippen molar-refractivity contribution in [2.75, 3.05) is 5.43 Å². The smallest absolute Gasteiger partial charge is 0.294 e. The number of aryl methyl sites for hydroxylation is 1. The standard InChI is InChI=1S/C12H13N5O3S/c1-7-5-14-11(21-7)6-15-12(18)8-2-3-9(16-13)10(4-8)17(19)20/h2-5,16H,6,13H2,1H3,(H,15,18). The summed E-state index contributed by atoms with van der Waals surface area (Å²) in [6.45, 7) is 2.20. The molecule has 4 N–H and O–H groups in total. The van der Waals surface area contributed by atoms with E-state index in [1.165, 1.54) is 29.5 Å². The fourth-order valence-electron chi connectivity index (χ4n) is 1.69. The number of amides is 1. The average molecular weight is 307 g/mol. The number of rotatable bonds is 5. The maximum Gasteiger partial charge on any atom is 0.294 e. The van der Waals surface area contributed by atoms with Crippen LogP contribution in [0.5, 0.6) is 0 Å². The van der Waals surface area contributed by atoms with Crippen molar-refractivity contribution in [3.05, 3.63) is 50.0 Å². The molecule has 2 rings (SSSR count). The molecule has 0 spiro atoms. The molecule has 1 aromatic carbocycles. The number of nitrogen functional groups attached to an aromatic ring is 1. The highest BCUT2D eigenvalue weighted by atomic mass is 32.1. The lowest BCUT2D eigenvalue weighted by Gasteiger charge is -2.06. The number of carbonyl (C=O) groups is 1. The van der Waals surface area contributed by atoms with Gasteiger partial charge >= 0.3 is 0 Å². The second-order valence-electron chi connectivity index (χ2n) is 4.18. The van der Waals surface area contributed by atoms with Crippen LogP contribution in [0.15, 0.2) is 24.4 Å². The van der Waals surface area contributed by atoms with E-state index in [-0.39, 0.29) is 23.5 Å². The lowest BCUT2D eigenvalue weighted by Crippen LogP contribution is -2.23. The van der Waals surface area contributed by atoms with Gasteiger partial charge in [0.05, 0.1) is 11.5 Å².